The largest absolute Gasteiger partial charge is 0.489 e. The van der Waals surface area contributed by atoms with E-state index in [1.165, 1.54) is 19.3 Å². The van der Waals surface area contributed by atoms with Crippen molar-refractivity contribution in [3.8, 4) is 5.75 Å². The summed E-state index contributed by atoms with van der Waals surface area (Å²) in [5, 5.41) is 0. The predicted molar refractivity (Wildman–Crippen MR) is 108 cm³/mol. The second kappa shape index (κ2) is 8.26. The Kier molecular flexibility index (Phi) is 5.58. The average Bonchev–Trinajstić information content (AvgIpc) is 2.67. The third kappa shape index (κ3) is 4.41. The third-order valence-electron chi connectivity index (χ3n) is 6.32. The number of rotatable bonds is 6. The molecule has 4 rings (SSSR count). The van der Waals surface area contributed by atoms with Gasteiger partial charge in [-0.1, -0.05) is 48.9 Å². The second-order valence-corrected chi connectivity index (χ2v) is 8.14. The molecule has 0 radical (unpaired) electrons. The van der Waals surface area contributed by atoms with Crippen molar-refractivity contribution in [2.24, 2.45) is 5.92 Å². The third-order valence-corrected chi connectivity index (χ3v) is 6.32. The van der Waals surface area contributed by atoms with Gasteiger partial charge in [-0.15, -0.1) is 0 Å². The van der Waals surface area contributed by atoms with Gasteiger partial charge in [0.2, 0.25) is 0 Å². The van der Waals surface area contributed by atoms with Crippen molar-refractivity contribution in [2.75, 3.05) is 7.05 Å². The lowest BCUT2D eigenvalue weighted by atomic mass is 9.76. The van der Waals surface area contributed by atoms with E-state index in [2.05, 4.69) is 24.1 Å². The molecule has 2 unspecified atom stereocenters. The number of benzene rings is 2. The Hall–Kier alpha value is -2.13. The fraction of sp³-hybridized carbons (Fsp3) is 0.458. The topological polar surface area (TPSA) is 29.5 Å². The van der Waals surface area contributed by atoms with Gasteiger partial charge in [-0.3, -0.25) is 4.79 Å². The molecule has 0 amide bonds. The van der Waals surface area contributed by atoms with Crippen molar-refractivity contribution >= 4 is 5.78 Å². The van der Waals surface area contributed by atoms with E-state index in [9.17, 15) is 4.79 Å². The van der Waals surface area contributed by atoms with Gasteiger partial charge in [-0.25, -0.2) is 0 Å². The Morgan fingerprint density at radius 1 is 1.00 bits per heavy atom. The molecule has 142 valence electrons. The summed E-state index contributed by atoms with van der Waals surface area (Å²) in [4.78, 5) is 15.5. The van der Waals surface area contributed by atoms with Crippen LogP contribution in [0, 0.1) is 5.92 Å². The lowest BCUT2D eigenvalue weighted by molar-refractivity contribution is -0.125. The number of Topliss-reactive ketones (excluding diaryl/α,β-unsaturated/α-hetero) is 1. The zero-order chi connectivity index (χ0) is 18.6. The van der Waals surface area contributed by atoms with E-state index < -0.39 is 0 Å². The molecule has 3 nitrogen and oxygen atoms in total. The van der Waals surface area contributed by atoms with E-state index in [-0.39, 0.29) is 5.92 Å². The number of ether oxygens (including phenoxy) is 1. The van der Waals surface area contributed by atoms with Crippen molar-refractivity contribution in [1.29, 1.82) is 0 Å². The van der Waals surface area contributed by atoms with Gasteiger partial charge < -0.3 is 9.64 Å². The Balaban J connectivity index is 1.36. The van der Waals surface area contributed by atoms with Crippen molar-refractivity contribution in [3.63, 3.8) is 0 Å². The average molecular weight is 364 g/mol. The first-order valence-corrected chi connectivity index (χ1v) is 10.2. The molecule has 2 aromatic carbocycles. The summed E-state index contributed by atoms with van der Waals surface area (Å²) in [7, 11) is 2.24. The highest BCUT2D eigenvalue weighted by atomic mass is 16.5. The van der Waals surface area contributed by atoms with Gasteiger partial charge in [0.15, 0.2) is 0 Å². The molecule has 2 heterocycles. The molecule has 0 aliphatic carbocycles. The number of ketones is 1. The molecule has 2 aliphatic rings. The molecule has 2 saturated heterocycles. The van der Waals surface area contributed by atoms with E-state index >= 15 is 0 Å². The minimum atomic E-state index is 0.227. The van der Waals surface area contributed by atoms with E-state index in [4.69, 9.17) is 4.74 Å². The Morgan fingerprint density at radius 2 is 1.70 bits per heavy atom. The maximum atomic E-state index is 12.9. The number of fused-ring (bicyclic) bond motifs is 2. The molecular weight excluding hydrogens is 334 g/mol. The van der Waals surface area contributed by atoms with Crippen LogP contribution in [0.3, 0.4) is 0 Å². The van der Waals surface area contributed by atoms with Crippen LogP contribution in [0.15, 0.2) is 54.6 Å². The summed E-state index contributed by atoms with van der Waals surface area (Å²) in [5.74, 6) is 1.47. The lowest BCUT2D eigenvalue weighted by Gasteiger charge is -2.46. The molecule has 27 heavy (non-hydrogen) atoms. The van der Waals surface area contributed by atoms with Gasteiger partial charge in [-0.2, -0.15) is 0 Å². The highest BCUT2D eigenvalue weighted by molar-refractivity contribution is 5.83. The summed E-state index contributed by atoms with van der Waals surface area (Å²) in [6.07, 6.45) is 6.42. The summed E-state index contributed by atoms with van der Waals surface area (Å²) in [6, 6.07) is 19.4. The molecule has 2 aromatic rings. The SMILES string of the molecule is CN1C2CCCC1CC(C(=O)Cc1cccc(OCc3ccccc3)c1)C2. The van der Waals surface area contributed by atoms with Crippen LogP contribution in [0.5, 0.6) is 5.75 Å². The number of nitrogens with zero attached hydrogens (tertiary/aromatic N) is 1. The standard InChI is InChI=1S/C24H29NO2/c1-25-21-10-6-11-22(25)16-20(15-21)24(26)14-19-9-5-12-23(13-19)27-17-18-7-3-2-4-8-18/h2-5,7-9,12-13,20-22H,6,10-11,14-17H2,1H3. The van der Waals surface area contributed by atoms with Crippen molar-refractivity contribution in [3.05, 3.63) is 65.7 Å². The van der Waals surface area contributed by atoms with Gasteiger partial charge in [0, 0.05) is 24.4 Å². The highest BCUT2D eigenvalue weighted by Crippen LogP contribution is 2.36. The van der Waals surface area contributed by atoms with Gasteiger partial charge >= 0.3 is 0 Å². The van der Waals surface area contributed by atoms with Crippen LogP contribution in [0.25, 0.3) is 0 Å². The maximum absolute atomic E-state index is 12.9. The summed E-state index contributed by atoms with van der Waals surface area (Å²) in [6.45, 7) is 0.552. The van der Waals surface area contributed by atoms with Gasteiger partial charge in [-0.05, 0) is 56.0 Å². The quantitative estimate of drug-likeness (QED) is 0.749. The maximum Gasteiger partial charge on any atom is 0.140 e. The van der Waals surface area contributed by atoms with E-state index in [0.717, 1.165) is 29.7 Å². The van der Waals surface area contributed by atoms with E-state index in [1.807, 2.05) is 42.5 Å². The van der Waals surface area contributed by atoms with Crippen LogP contribution in [0.1, 0.15) is 43.2 Å². The number of piperidine rings is 2. The number of hydrogen-bond acceptors (Lipinski definition) is 3. The van der Waals surface area contributed by atoms with Crippen LogP contribution < -0.4 is 4.74 Å². The monoisotopic (exact) mass is 363 g/mol. The first-order valence-electron chi connectivity index (χ1n) is 10.2. The first-order chi connectivity index (χ1) is 13.2. The van der Waals surface area contributed by atoms with Crippen LogP contribution in [0.2, 0.25) is 0 Å². The summed E-state index contributed by atoms with van der Waals surface area (Å²) < 4.78 is 5.92. The van der Waals surface area contributed by atoms with E-state index in [1.54, 1.807) is 0 Å². The predicted octanol–water partition coefficient (Wildman–Crippen LogP) is 4.64. The van der Waals surface area contributed by atoms with Gasteiger partial charge in [0.1, 0.15) is 18.1 Å². The summed E-state index contributed by atoms with van der Waals surface area (Å²) >= 11 is 0. The second-order valence-electron chi connectivity index (χ2n) is 8.14. The zero-order valence-corrected chi connectivity index (χ0v) is 16.1. The molecule has 0 aromatic heterocycles. The normalized spacial score (nSPS) is 25.1. The lowest BCUT2D eigenvalue weighted by Crippen LogP contribution is -2.51. The minimum Gasteiger partial charge on any atom is -0.489 e. The van der Waals surface area contributed by atoms with Gasteiger partial charge in [0.05, 0.1) is 0 Å². The van der Waals surface area contributed by atoms with Crippen LogP contribution in [-0.4, -0.2) is 29.8 Å². The van der Waals surface area contributed by atoms with Crippen LogP contribution >= 0.6 is 0 Å². The highest BCUT2D eigenvalue weighted by Gasteiger charge is 2.38. The molecule has 2 fully saturated rings. The molecule has 2 aliphatic heterocycles. The van der Waals surface area contributed by atoms with Gasteiger partial charge in [0.25, 0.3) is 0 Å². The van der Waals surface area contributed by atoms with E-state index in [0.29, 0.717) is 30.9 Å². The zero-order valence-electron chi connectivity index (χ0n) is 16.1. The van der Waals surface area contributed by atoms with Crippen molar-refractivity contribution in [2.45, 2.75) is 57.2 Å². The summed E-state index contributed by atoms with van der Waals surface area (Å²) in [5.41, 5.74) is 2.21. The number of carbonyl (C=O) groups is 1. The first kappa shape index (κ1) is 18.2. The van der Waals surface area contributed by atoms with Crippen molar-refractivity contribution in [1.82, 2.24) is 4.90 Å². The van der Waals surface area contributed by atoms with Crippen LogP contribution in [0.4, 0.5) is 0 Å². The molecular formula is C24H29NO2. The molecule has 0 saturated carbocycles. The smallest absolute Gasteiger partial charge is 0.140 e. The fourth-order valence-electron chi connectivity index (χ4n) is 4.71. The molecule has 3 heteroatoms. The Bertz CT molecular complexity index is 759. The number of carbonyl (C=O) groups excluding carboxylic acids is 1. The molecule has 0 spiro atoms. The minimum absolute atomic E-state index is 0.227. The molecule has 2 bridgehead atoms. The molecule has 0 N–H and O–H groups in total. The fourth-order valence-corrected chi connectivity index (χ4v) is 4.71. The Labute approximate surface area is 162 Å². The Morgan fingerprint density at radius 3 is 2.44 bits per heavy atom. The number of hydrogen-bond donors (Lipinski definition) is 0. The van der Waals surface area contributed by atoms with Crippen molar-refractivity contribution < 1.29 is 9.53 Å². The van der Waals surface area contributed by atoms with Crippen LogP contribution in [-0.2, 0) is 17.8 Å². The molecule has 2 atom stereocenters.